The lowest BCUT2D eigenvalue weighted by molar-refractivity contribution is 1.29. The standard InChI is InChI=1S/C38H25NS/c1-3-11-26(12-4-1)31-15-7-9-17-35(31)39(29-13-5-2-6-14-29)30-23-21-27-19-20-28-22-24-33-32-16-8-10-18-36(32)40-38(33)37(28)34(27)25-30/h1-25H. The van der Waals surface area contributed by atoms with Gasteiger partial charge >= 0.3 is 0 Å². The van der Waals surface area contributed by atoms with E-state index in [0.29, 0.717) is 0 Å². The molecular weight excluding hydrogens is 502 g/mol. The fourth-order valence-corrected chi connectivity index (χ4v) is 7.25. The SMILES string of the molecule is c1ccc(-c2ccccc2N(c2ccccc2)c2ccc3ccc4ccc5c6ccccc6sc5c4c3c2)cc1. The lowest BCUT2D eigenvalue weighted by Gasteiger charge is -2.28. The van der Waals surface area contributed by atoms with Crippen LogP contribution >= 0.6 is 11.3 Å². The Balaban J connectivity index is 1.43. The van der Waals surface area contributed by atoms with Crippen LogP contribution in [-0.2, 0) is 0 Å². The summed E-state index contributed by atoms with van der Waals surface area (Å²) in [5.41, 5.74) is 5.85. The van der Waals surface area contributed by atoms with Crippen LogP contribution in [0.4, 0.5) is 17.1 Å². The molecule has 0 saturated heterocycles. The Morgan fingerprint density at radius 1 is 0.450 bits per heavy atom. The molecule has 1 aromatic heterocycles. The smallest absolute Gasteiger partial charge is 0.0540 e. The fourth-order valence-electron chi connectivity index (χ4n) is 5.98. The van der Waals surface area contributed by atoms with E-state index in [9.17, 15) is 0 Å². The molecule has 0 aliphatic heterocycles. The summed E-state index contributed by atoms with van der Waals surface area (Å²) in [6, 6.07) is 54.8. The van der Waals surface area contributed by atoms with Gasteiger partial charge in [-0.25, -0.2) is 0 Å². The van der Waals surface area contributed by atoms with Crippen molar-refractivity contribution in [2.75, 3.05) is 4.90 Å². The van der Waals surface area contributed by atoms with Crippen molar-refractivity contribution in [1.29, 1.82) is 0 Å². The molecule has 8 rings (SSSR count). The summed E-state index contributed by atoms with van der Waals surface area (Å²) in [4.78, 5) is 2.39. The minimum atomic E-state index is 1.14. The first kappa shape index (κ1) is 23.0. The Hall–Kier alpha value is -4.92. The molecule has 0 atom stereocenters. The summed E-state index contributed by atoms with van der Waals surface area (Å²) in [6.07, 6.45) is 0. The molecule has 8 aromatic rings. The maximum Gasteiger partial charge on any atom is 0.0540 e. The van der Waals surface area contributed by atoms with Crippen LogP contribution in [0.25, 0.3) is 52.8 Å². The molecule has 0 radical (unpaired) electrons. The molecule has 0 fully saturated rings. The van der Waals surface area contributed by atoms with Crippen molar-refractivity contribution in [3.63, 3.8) is 0 Å². The summed E-state index contributed by atoms with van der Waals surface area (Å²) in [7, 11) is 0. The molecule has 2 heteroatoms. The normalized spacial score (nSPS) is 11.5. The van der Waals surface area contributed by atoms with Gasteiger partial charge in [-0.1, -0.05) is 115 Å². The van der Waals surface area contributed by atoms with E-state index in [-0.39, 0.29) is 0 Å². The highest BCUT2D eigenvalue weighted by molar-refractivity contribution is 7.26. The highest BCUT2D eigenvalue weighted by atomic mass is 32.1. The Morgan fingerprint density at radius 3 is 2.00 bits per heavy atom. The molecular formula is C38H25NS. The second kappa shape index (κ2) is 9.37. The minimum Gasteiger partial charge on any atom is -0.310 e. The van der Waals surface area contributed by atoms with Gasteiger partial charge in [-0.3, -0.25) is 0 Å². The number of para-hydroxylation sites is 2. The van der Waals surface area contributed by atoms with E-state index >= 15 is 0 Å². The van der Waals surface area contributed by atoms with Crippen molar-refractivity contribution in [3.05, 3.63) is 152 Å². The summed E-state index contributed by atoms with van der Waals surface area (Å²) in [5.74, 6) is 0. The second-order valence-corrected chi connectivity index (χ2v) is 11.2. The molecule has 0 N–H and O–H groups in total. The second-order valence-electron chi connectivity index (χ2n) is 10.2. The van der Waals surface area contributed by atoms with Gasteiger partial charge in [-0.05, 0) is 58.1 Å². The van der Waals surface area contributed by atoms with E-state index in [4.69, 9.17) is 0 Å². The largest absolute Gasteiger partial charge is 0.310 e. The number of hydrogen-bond donors (Lipinski definition) is 0. The first-order chi connectivity index (χ1) is 19.8. The van der Waals surface area contributed by atoms with Crippen LogP contribution in [0, 0.1) is 0 Å². The maximum atomic E-state index is 2.39. The quantitative estimate of drug-likeness (QED) is 0.206. The van der Waals surface area contributed by atoms with Crippen molar-refractivity contribution in [1.82, 2.24) is 0 Å². The first-order valence-electron chi connectivity index (χ1n) is 13.6. The molecule has 1 nitrogen and oxygen atoms in total. The van der Waals surface area contributed by atoms with Crippen LogP contribution in [0.2, 0.25) is 0 Å². The van der Waals surface area contributed by atoms with Crippen LogP contribution in [0.3, 0.4) is 0 Å². The molecule has 0 unspecified atom stereocenters. The third-order valence-corrected chi connectivity index (χ3v) is 9.03. The lowest BCUT2D eigenvalue weighted by atomic mass is 9.98. The Morgan fingerprint density at radius 2 is 1.12 bits per heavy atom. The zero-order valence-electron chi connectivity index (χ0n) is 21.8. The zero-order valence-corrected chi connectivity index (χ0v) is 22.6. The molecule has 1 heterocycles. The highest BCUT2D eigenvalue weighted by Crippen LogP contribution is 2.44. The van der Waals surface area contributed by atoms with E-state index in [2.05, 4.69) is 157 Å². The third-order valence-electron chi connectivity index (χ3n) is 7.83. The number of anilines is 3. The van der Waals surface area contributed by atoms with Crippen molar-refractivity contribution in [3.8, 4) is 11.1 Å². The number of fused-ring (bicyclic) bond motifs is 7. The van der Waals surface area contributed by atoms with Crippen LogP contribution in [-0.4, -0.2) is 0 Å². The molecule has 7 aromatic carbocycles. The predicted octanol–water partition coefficient (Wildman–Crippen LogP) is 11.5. The topological polar surface area (TPSA) is 3.24 Å². The van der Waals surface area contributed by atoms with Gasteiger partial charge < -0.3 is 4.90 Å². The molecule has 0 aliphatic carbocycles. The number of hydrogen-bond acceptors (Lipinski definition) is 2. The van der Waals surface area contributed by atoms with Crippen molar-refractivity contribution in [2.24, 2.45) is 0 Å². The van der Waals surface area contributed by atoms with Crippen LogP contribution < -0.4 is 4.90 Å². The van der Waals surface area contributed by atoms with Crippen molar-refractivity contribution in [2.45, 2.75) is 0 Å². The summed E-state index contributed by atoms with van der Waals surface area (Å²) in [5, 5.41) is 7.82. The molecule has 0 spiro atoms. The van der Waals surface area contributed by atoms with Crippen LogP contribution in [0.1, 0.15) is 0 Å². The van der Waals surface area contributed by atoms with Gasteiger partial charge in [0.05, 0.1) is 5.69 Å². The average Bonchev–Trinajstić information content (AvgIpc) is 3.41. The van der Waals surface area contributed by atoms with Gasteiger partial charge in [-0.2, -0.15) is 0 Å². The van der Waals surface area contributed by atoms with Gasteiger partial charge in [-0.15, -0.1) is 11.3 Å². The molecule has 0 amide bonds. The Bertz CT molecular complexity index is 2160. The molecule has 0 aliphatic rings. The highest BCUT2D eigenvalue weighted by Gasteiger charge is 2.18. The Labute approximate surface area is 237 Å². The maximum absolute atomic E-state index is 2.39. The average molecular weight is 528 g/mol. The van der Waals surface area contributed by atoms with E-state index < -0.39 is 0 Å². The first-order valence-corrected chi connectivity index (χ1v) is 14.4. The van der Waals surface area contributed by atoms with Gasteiger partial charge in [0.15, 0.2) is 0 Å². The van der Waals surface area contributed by atoms with E-state index in [0.717, 1.165) is 17.1 Å². The molecule has 0 bridgehead atoms. The van der Waals surface area contributed by atoms with Crippen LogP contribution in [0.15, 0.2) is 152 Å². The van der Waals surface area contributed by atoms with E-state index in [1.807, 2.05) is 11.3 Å². The van der Waals surface area contributed by atoms with Crippen molar-refractivity contribution < 1.29 is 0 Å². The van der Waals surface area contributed by atoms with Gasteiger partial charge in [0.1, 0.15) is 0 Å². The number of rotatable bonds is 4. The van der Waals surface area contributed by atoms with Crippen LogP contribution in [0.5, 0.6) is 0 Å². The minimum absolute atomic E-state index is 1.14. The van der Waals surface area contributed by atoms with Crippen molar-refractivity contribution >= 4 is 70.1 Å². The summed E-state index contributed by atoms with van der Waals surface area (Å²) in [6.45, 7) is 0. The van der Waals surface area contributed by atoms with E-state index in [1.54, 1.807) is 0 Å². The Kier molecular flexibility index (Phi) is 5.39. The van der Waals surface area contributed by atoms with Gasteiger partial charge in [0.25, 0.3) is 0 Å². The number of benzene rings is 7. The number of thiophene rings is 1. The monoisotopic (exact) mass is 527 g/mol. The van der Waals surface area contributed by atoms with Gasteiger partial charge in [0, 0.05) is 42.5 Å². The third kappa shape index (κ3) is 3.69. The fraction of sp³-hybridized carbons (Fsp3) is 0. The lowest BCUT2D eigenvalue weighted by Crippen LogP contribution is -2.11. The summed E-state index contributed by atoms with van der Waals surface area (Å²) < 4.78 is 2.69. The number of nitrogens with zero attached hydrogens (tertiary/aromatic N) is 1. The molecule has 0 saturated carbocycles. The van der Waals surface area contributed by atoms with E-state index in [1.165, 1.54) is 52.8 Å². The molecule has 188 valence electrons. The predicted molar refractivity (Wildman–Crippen MR) is 174 cm³/mol. The summed E-state index contributed by atoms with van der Waals surface area (Å²) >= 11 is 1.90. The zero-order chi connectivity index (χ0) is 26.5. The molecule has 40 heavy (non-hydrogen) atoms. The van der Waals surface area contributed by atoms with Gasteiger partial charge in [0.2, 0.25) is 0 Å².